The van der Waals surface area contributed by atoms with Crippen molar-refractivity contribution in [2.45, 2.75) is 51.1 Å². The van der Waals surface area contributed by atoms with Gasteiger partial charge in [0.15, 0.2) is 0 Å². The summed E-state index contributed by atoms with van der Waals surface area (Å²) >= 11 is 0. The lowest BCUT2D eigenvalue weighted by atomic mass is 9.98. The van der Waals surface area contributed by atoms with Crippen LogP contribution in [0.1, 0.15) is 50.6 Å². The first-order valence-corrected chi connectivity index (χ1v) is 7.81. The minimum absolute atomic E-state index is 0.487. The van der Waals surface area contributed by atoms with E-state index in [4.69, 9.17) is 0 Å². The zero-order valence-electron chi connectivity index (χ0n) is 12.4. The number of nitrogens with one attached hydrogen (secondary N) is 1. The van der Waals surface area contributed by atoms with E-state index in [2.05, 4.69) is 54.5 Å². The van der Waals surface area contributed by atoms with Crippen molar-refractivity contribution in [3.05, 3.63) is 35.9 Å². The number of hydrogen-bond donors (Lipinski definition) is 1. The molecule has 2 atom stereocenters. The van der Waals surface area contributed by atoms with E-state index in [9.17, 15) is 0 Å². The highest BCUT2D eigenvalue weighted by atomic mass is 15.2. The molecule has 0 amide bonds. The topological polar surface area (TPSA) is 15.3 Å². The van der Waals surface area contributed by atoms with Gasteiger partial charge in [-0.25, -0.2) is 0 Å². The zero-order chi connectivity index (χ0) is 13.5. The number of benzene rings is 1. The molecule has 1 N–H and O–H groups in total. The highest BCUT2D eigenvalue weighted by Crippen LogP contribution is 2.22. The Morgan fingerprint density at radius 2 is 2.05 bits per heavy atom. The Hall–Kier alpha value is -0.860. The maximum atomic E-state index is 3.46. The zero-order valence-corrected chi connectivity index (χ0v) is 12.4. The quantitative estimate of drug-likeness (QED) is 0.840. The van der Waals surface area contributed by atoms with Crippen LogP contribution in [0.2, 0.25) is 0 Å². The van der Waals surface area contributed by atoms with Crippen LogP contribution in [0.4, 0.5) is 0 Å². The van der Waals surface area contributed by atoms with Gasteiger partial charge >= 0.3 is 0 Å². The standard InChI is InChI=1S/C17H28N2/c1-3-16-11-7-8-13-19(16)14-12-17(18-2)15-9-5-4-6-10-15/h4-6,9-10,16-18H,3,7-8,11-14H2,1-2H3. The average Bonchev–Trinajstić information content (AvgIpc) is 2.49. The Bertz CT molecular complexity index is 350. The predicted octanol–water partition coefficient (Wildman–Crippen LogP) is 3.60. The van der Waals surface area contributed by atoms with Crippen molar-refractivity contribution in [3.8, 4) is 0 Å². The van der Waals surface area contributed by atoms with Crippen molar-refractivity contribution in [1.29, 1.82) is 0 Å². The van der Waals surface area contributed by atoms with Gasteiger partial charge in [0.2, 0.25) is 0 Å². The van der Waals surface area contributed by atoms with Crippen LogP contribution in [0.25, 0.3) is 0 Å². The number of nitrogens with zero attached hydrogens (tertiary/aromatic N) is 1. The fourth-order valence-corrected chi connectivity index (χ4v) is 3.27. The largest absolute Gasteiger partial charge is 0.313 e. The summed E-state index contributed by atoms with van der Waals surface area (Å²) in [6.07, 6.45) is 6.70. The molecule has 2 rings (SSSR count). The third kappa shape index (κ3) is 4.05. The predicted molar refractivity (Wildman–Crippen MR) is 82.4 cm³/mol. The molecule has 0 aliphatic carbocycles. The van der Waals surface area contributed by atoms with Gasteiger partial charge in [0.1, 0.15) is 0 Å². The highest BCUT2D eigenvalue weighted by Gasteiger charge is 2.21. The molecule has 1 aromatic carbocycles. The number of likely N-dealkylation sites (tertiary alicyclic amines) is 1. The second-order valence-corrected chi connectivity index (χ2v) is 5.63. The molecule has 0 saturated carbocycles. The Morgan fingerprint density at radius 3 is 2.74 bits per heavy atom. The van der Waals surface area contributed by atoms with Crippen LogP contribution < -0.4 is 5.32 Å². The summed E-state index contributed by atoms with van der Waals surface area (Å²) in [6, 6.07) is 12.1. The summed E-state index contributed by atoms with van der Waals surface area (Å²) in [5.41, 5.74) is 1.41. The molecule has 2 nitrogen and oxygen atoms in total. The van der Waals surface area contributed by atoms with E-state index in [0.29, 0.717) is 6.04 Å². The fourth-order valence-electron chi connectivity index (χ4n) is 3.27. The molecule has 0 bridgehead atoms. The Labute approximate surface area is 118 Å². The molecule has 1 aromatic rings. The lowest BCUT2D eigenvalue weighted by molar-refractivity contribution is 0.138. The van der Waals surface area contributed by atoms with E-state index < -0.39 is 0 Å². The van der Waals surface area contributed by atoms with Crippen LogP contribution in [0.5, 0.6) is 0 Å². The molecule has 1 saturated heterocycles. The Morgan fingerprint density at radius 1 is 1.26 bits per heavy atom. The smallest absolute Gasteiger partial charge is 0.0329 e. The summed E-state index contributed by atoms with van der Waals surface area (Å²) in [5, 5.41) is 3.46. The lowest BCUT2D eigenvalue weighted by Gasteiger charge is -2.36. The van der Waals surface area contributed by atoms with Gasteiger partial charge in [0.05, 0.1) is 0 Å². The van der Waals surface area contributed by atoms with Crippen molar-refractivity contribution in [2.75, 3.05) is 20.1 Å². The van der Waals surface area contributed by atoms with E-state index in [0.717, 1.165) is 6.04 Å². The van der Waals surface area contributed by atoms with Crippen LogP contribution in [-0.4, -0.2) is 31.1 Å². The van der Waals surface area contributed by atoms with Gasteiger partial charge in [-0.15, -0.1) is 0 Å². The minimum atomic E-state index is 0.487. The molecular formula is C17H28N2. The monoisotopic (exact) mass is 260 g/mol. The average molecular weight is 260 g/mol. The Kier molecular flexibility index (Phi) is 5.87. The molecule has 1 heterocycles. The molecule has 1 aliphatic rings. The summed E-state index contributed by atoms with van der Waals surface area (Å²) < 4.78 is 0. The first-order chi connectivity index (χ1) is 9.35. The molecule has 1 aliphatic heterocycles. The molecule has 0 radical (unpaired) electrons. The summed E-state index contributed by atoms with van der Waals surface area (Å²) in [4.78, 5) is 2.71. The van der Waals surface area contributed by atoms with Crippen LogP contribution >= 0.6 is 0 Å². The van der Waals surface area contributed by atoms with Gasteiger partial charge in [-0.05, 0) is 44.8 Å². The SMILES string of the molecule is CCC1CCCCN1CCC(NC)c1ccccc1. The first kappa shape index (κ1) is 14.5. The summed E-state index contributed by atoms with van der Waals surface area (Å²) in [6.45, 7) is 4.85. The minimum Gasteiger partial charge on any atom is -0.313 e. The van der Waals surface area contributed by atoms with Gasteiger partial charge in [0.25, 0.3) is 0 Å². The second kappa shape index (κ2) is 7.66. The third-order valence-corrected chi connectivity index (χ3v) is 4.48. The normalized spacial score (nSPS) is 22.3. The maximum Gasteiger partial charge on any atom is 0.0329 e. The van der Waals surface area contributed by atoms with Crippen LogP contribution in [0.3, 0.4) is 0 Å². The van der Waals surface area contributed by atoms with E-state index in [1.54, 1.807) is 0 Å². The second-order valence-electron chi connectivity index (χ2n) is 5.63. The molecule has 0 spiro atoms. The maximum absolute atomic E-state index is 3.46. The van der Waals surface area contributed by atoms with E-state index >= 15 is 0 Å². The van der Waals surface area contributed by atoms with Gasteiger partial charge in [-0.3, -0.25) is 0 Å². The number of piperidine rings is 1. The summed E-state index contributed by atoms with van der Waals surface area (Å²) in [7, 11) is 2.07. The van der Waals surface area contributed by atoms with Crippen molar-refractivity contribution in [3.63, 3.8) is 0 Å². The molecule has 2 unspecified atom stereocenters. The molecule has 0 aromatic heterocycles. The highest BCUT2D eigenvalue weighted by molar-refractivity contribution is 5.18. The van der Waals surface area contributed by atoms with Gasteiger partial charge in [-0.2, -0.15) is 0 Å². The van der Waals surface area contributed by atoms with Crippen molar-refractivity contribution in [2.24, 2.45) is 0 Å². The summed E-state index contributed by atoms with van der Waals surface area (Å²) in [5.74, 6) is 0. The molecule has 19 heavy (non-hydrogen) atoms. The van der Waals surface area contributed by atoms with Crippen molar-refractivity contribution >= 4 is 0 Å². The third-order valence-electron chi connectivity index (χ3n) is 4.48. The first-order valence-electron chi connectivity index (χ1n) is 7.81. The van der Waals surface area contributed by atoms with Gasteiger partial charge < -0.3 is 10.2 Å². The van der Waals surface area contributed by atoms with Crippen LogP contribution in [-0.2, 0) is 0 Å². The number of rotatable bonds is 6. The van der Waals surface area contributed by atoms with E-state index in [-0.39, 0.29) is 0 Å². The van der Waals surface area contributed by atoms with Crippen LogP contribution in [0.15, 0.2) is 30.3 Å². The van der Waals surface area contributed by atoms with Crippen LogP contribution in [0, 0.1) is 0 Å². The number of hydrogen-bond acceptors (Lipinski definition) is 2. The van der Waals surface area contributed by atoms with Gasteiger partial charge in [-0.1, -0.05) is 43.7 Å². The van der Waals surface area contributed by atoms with Crippen molar-refractivity contribution < 1.29 is 0 Å². The lowest BCUT2D eigenvalue weighted by Crippen LogP contribution is -2.40. The van der Waals surface area contributed by atoms with E-state index in [1.165, 1.54) is 50.8 Å². The molecule has 2 heteroatoms. The van der Waals surface area contributed by atoms with Crippen molar-refractivity contribution in [1.82, 2.24) is 10.2 Å². The van der Waals surface area contributed by atoms with Gasteiger partial charge in [0, 0.05) is 18.6 Å². The molecule has 106 valence electrons. The molecular weight excluding hydrogens is 232 g/mol. The fraction of sp³-hybridized carbons (Fsp3) is 0.647. The van der Waals surface area contributed by atoms with E-state index in [1.807, 2.05) is 0 Å². The Balaban J connectivity index is 1.89. The molecule has 1 fully saturated rings.